The number of benzene rings is 1. The van der Waals surface area contributed by atoms with Crippen LogP contribution in [0.1, 0.15) is 18.4 Å². The molecule has 0 atom stereocenters. The fraction of sp³-hybridized carbons (Fsp3) is 0.533. The minimum atomic E-state index is 0.151. The van der Waals surface area contributed by atoms with E-state index in [1.165, 1.54) is 0 Å². The van der Waals surface area contributed by atoms with Crippen LogP contribution in [0.25, 0.3) is 0 Å². The molecule has 0 bridgehead atoms. The van der Waals surface area contributed by atoms with Crippen LogP contribution in [0.4, 0.5) is 0 Å². The van der Waals surface area contributed by atoms with Crippen molar-refractivity contribution in [2.24, 2.45) is 0 Å². The van der Waals surface area contributed by atoms with Crippen molar-refractivity contribution < 1.29 is 9.53 Å². The van der Waals surface area contributed by atoms with Crippen molar-refractivity contribution in [2.75, 3.05) is 26.8 Å². The number of ether oxygens (including phenoxy) is 1. The summed E-state index contributed by atoms with van der Waals surface area (Å²) in [5.41, 5.74) is 1.12. The summed E-state index contributed by atoms with van der Waals surface area (Å²) in [7, 11) is 1.65. The molecule has 1 aliphatic rings. The third-order valence-corrected chi connectivity index (χ3v) is 3.59. The molecule has 20 heavy (non-hydrogen) atoms. The zero-order valence-electron chi connectivity index (χ0n) is 11.8. The molecule has 5 heteroatoms. The Morgan fingerprint density at radius 1 is 1.40 bits per heavy atom. The monoisotopic (exact) mass is 296 g/mol. The highest BCUT2D eigenvalue weighted by atomic mass is 35.5. The Balaban J connectivity index is 1.86. The lowest BCUT2D eigenvalue weighted by atomic mass is 10.2. The van der Waals surface area contributed by atoms with E-state index in [2.05, 4.69) is 5.32 Å². The fourth-order valence-electron chi connectivity index (χ4n) is 2.06. The van der Waals surface area contributed by atoms with Gasteiger partial charge in [-0.25, -0.2) is 0 Å². The van der Waals surface area contributed by atoms with Crippen LogP contribution < -0.4 is 5.32 Å². The molecule has 1 aliphatic carbocycles. The Kier molecular flexibility index (Phi) is 5.83. The Hall–Kier alpha value is -1.10. The molecule has 0 spiro atoms. The van der Waals surface area contributed by atoms with Crippen LogP contribution in [-0.2, 0) is 16.1 Å². The van der Waals surface area contributed by atoms with Gasteiger partial charge in [0.25, 0.3) is 0 Å². The van der Waals surface area contributed by atoms with Gasteiger partial charge in [0, 0.05) is 31.3 Å². The van der Waals surface area contributed by atoms with Crippen molar-refractivity contribution in [3.8, 4) is 0 Å². The predicted octanol–water partition coefficient (Wildman–Crippen LogP) is 2.07. The maximum atomic E-state index is 12.3. The van der Waals surface area contributed by atoms with Gasteiger partial charge < -0.3 is 15.0 Å². The van der Waals surface area contributed by atoms with Gasteiger partial charge in [-0.1, -0.05) is 23.7 Å². The lowest BCUT2D eigenvalue weighted by Gasteiger charge is -2.23. The molecule has 1 N–H and O–H groups in total. The summed E-state index contributed by atoms with van der Waals surface area (Å²) in [5, 5.41) is 3.83. The fourth-order valence-corrected chi connectivity index (χ4v) is 2.19. The van der Waals surface area contributed by atoms with Crippen LogP contribution in [-0.4, -0.2) is 43.7 Å². The average molecular weight is 297 g/mol. The Bertz CT molecular complexity index is 432. The van der Waals surface area contributed by atoms with Crippen molar-refractivity contribution >= 4 is 17.5 Å². The highest BCUT2D eigenvalue weighted by Crippen LogP contribution is 2.28. The second-order valence-electron chi connectivity index (χ2n) is 5.05. The van der Waals surface area contributed by atoms with Crippen LogP contribution >= 0.6 is 11.6 Å². The van der Waals surface area contributed by atoms with Crippen molar-refractivity contribution in [3.63, 3.8) is 0 Å². The molecule has 1 fully saturated rings. The lowest BCUT2D eigenvalue weighted by molar-refractivity contribution is -0.131. The van der Waals surface area contributed by atoms with Crippen LogP contribution in [0, 0.1) is 0 Å². The molecule has 0 aromatic heterocycles. The van der Waals surface area contributed by atoms with Crippen molar-refractivity contribution in [3.05, 3.63) is 34.9 Å². The second-order valence-corrected chi connectivity index (χ2v) is 5.49. The highest BCUT2D eigenvalue weighted by molar-refractivity contribution is 6.30. The van der Waals surface area contributed by atoms with E-state index in [1.54, 1.807) is 7.11 Å². The minimum absolute atomic E-state index is 0.151. The van der Waals surface area contributed by atoms with E-state index in [4.69, 9.17) is 16.3 Å². The molecule has 110 valence electrons. The van der Waals surface area contributed by atoms with E-state index in [9.17, 15) is 4.79 Å². The first-order valence-electron chi connectivity index (χ1n) is 6.94. The smallest absolute Gasteiger partial charge is 0.237 e. The molecule has 0 heterocycles. The molecular weight excluding hydrogens is 276 g/mol. The first kappa shape index (κ1) is 15.3. The number of hydrogen-bond donors (Lipinski definition) is 1. The van der Waals surface area contributed by atoms with Gasteiger partial charge in [0.1, 0.15) is 0 Å². The SMILES string of the molecule is COCCNCC(=O)N(Cc1ccc(Cl)cc1)C1CC1. The number of carbonyl (C=O) groups excluding carboxylic acids is 1. The van der Waals surface area contributed by atoms with Crippen molar-refractivity contribution in [2.45, 2.75) is 25.4 Å². The number of amides is 1. The van der Waals surface area contributed by atoms with E-state index in [0.717, 1.165) is 23.4 Å². The number of carbonyl (C=O) groups is 1. The molecule has 0 saturated heterocycles. The van der Waals surface area contributed by atoms with Gasteiger partial charge in [0.05, 0.1) is 13.2 Å². The highest BCUT2D eigenvalue weighted by Gasteiger charge is 2.32. The van der Waals surface area contributed by atoms with Gasteiger partial charge in [-0.2, -0.15) is 0 Å². The van der Waals surface area contributed by atoms with E-state index < -0.39 is 0 Å². The number of methoxy groups -OCH3 is 1. The van der Waals surface area contributed by atoms with Crippen molar-refractivity contribution in [1.29, 1.82) is 0 Å². The Labute approximate surface area is 125 Å². The summed E-state index contributed by atoms with van der Waals surface area (Å²) >= 11 is 5.88. The molecule has 4 nitrogen and oxygen atoms in total. The third-order valence-electron chi connectivity index (χ3n) is 3.33. The molecule has 1 aromatic rings. The summed E-state index contributed by atoms with van der Waals surface area (Å²) in [6.07, 6.45) is 2.22. The quantitative estimate of drug-likeness (QED) is 0.747. The van der Waals surface area contributed by atoms with Gasteiger partial charge in [0.15, 0.2) is 0 Å². The maximum absolute atomic E-state index is 12.3. The van der Waals surface area contributed by atoms with Crippen LogP contribution in [0.15, 0.2) is 24.3 Å². The summed E-state index contributed by atoms with van der Waals surface area (Å²) in [6.45, 7) is 2.34. The average Bonchev–Trinajstić information content (AvgIpc) is 3.27. The topological polar surface area (TPSA) is 41.6 Å². The van der Waals surface area contributed by atoms with Gasteiger partial charge in [-0.05, 0) is 30.5 Å². The molecular formula is C15H21ClN2O2. The molecule has 0 unspecified atom stereocenters. The van der Waals surface area contributed by atoms with E-state index in [0.29, 0.717) is 32.3 Å². The number of nitrogens with one attached hydrogen (secondary N) is 1. The van der Waals surface area contributed by atoms with E-state index in [1.807, 2.05) is 29.2 Å². The molecule has 1 saturated carbocycles. The predicted molar refractivity (Wildman–Crippen MR) is 79.8 cm³/mol. The Morgan fingerprint density at radius 3 is 2.70 bits per heavy atom. The first-order chi connectivity index (χ1) is 9.70. The number of nitrogens with zero attached hydrogens (tertiary/aromatic N) is 1. The molecule has 2 rings (SSSR count). The number of halogens is 1. The van der Waals surface area contributed by atoms with E-state index >= 15 is 0 Å². The maximum Gasteiger partial charge on any atom is 0.237 e. The largest absolute Gasteiger partial charge is 0.383 e. The molecule has 0 aliphatic heterocycles. The summed E-state index contributed by atoms with van der Waals surface area (Å²) < 4.78 is 4.95. The zero-order valence-corrected chi connectivity index (χ0v) is 12.5. The van der Waals surface area contributed by atoms with Gasteiger partial charge in [-0.3, -0.25) is 4.79 Å². The number of rotatable bonds is 8. The number of hydrogen-bond acceptors (Lipinski definition) is 3. The first-order valence-corrected chi connectivity index (χ1v) is 7.32. The van der Waals surface area contributed by atoms with Crippen LogP contribution in [0.2, 0.25) is 5.02 Å². The second kappa shape index (κ2) is 7.62. The Morgan fingerprint density at radius 2 is 2.10 bits per heavy atom. The summed E-state index contributed by atoms with van der Waals surface area (Å²) in [6, 6.07) is 8.08. The van der Waals surface area contributed by atoms with Gasteiger partial charge >= 0.3 is 0 Å². The summed E-state index contributed by atoms with van der Waals surface area (Å²) in [5.74, 6) is 0.151. The zero-order chi connectivity index (χ0) is 14.4. The third kappa shape index (κ3) is 4.78. The van der Waals surface area contributed by atoms with Crippen LogP contribution in [0.5, 0.6) is 0 Å². The van der Waals surface area contributed by atoms with Gasteiger partial charge in [0.2, 0.25) is 5.91 Å². The lowest BCUT2D eigenvalue weighted by Crippen LogP contribution is -2.39. The van der Waals surface area contributed by atoms with Crippen molar-refractivity contribution in [1.82, 2.24) is 10.2 Å². The van der Waals surface area contributed by atoms with E-state index in [-0.39, 0.29) is 5.91 Å². The molecule has 0 radical (unpaired) electrons. The minimum Gasteiger partial charge on any atom is -0.383 e. The normalized spacial score (nSPS) is 14.3. The van der Waals surface area contributed by atoms with Gasteiger partial charge in [-0.15, -0.1) is 0 Å². The standard InChI is InChI=1S/C15H21ClN2O2/c1-20-9-8-17-10-15(19)18(14-6-7-14)11-12-2-4-13(16)5-3-12/h2-5,14,17H,6-11H2,1H3. The summed E-state index contributed by atoms with van der Waals surface area (Å²) in [4.78, 5) is 14.2. The van der Waals surface area contributed by atoms with Crippen LogP contribution in [0.3, 0.4) is 0 Å². The molecule has 1 aromatic carbocycles. The molecule has 1 amide bonds.